The first kappa shape index (κ1) is 17.5. The van der Waals surface area contributed by atoms with Gasteiger partial charge in [-0.2, -0.15) is 4.31 Å². The largest absolute Gasteiger partial charge is 0.377 e. The van der Waals surface area contributed by atoms with Crippen LogP contribution in [0.15, 0.2) is 42.1 Å². The Hall–Kier alpha value is -1.28. The normalized spacial score (nSPS) is 28.2. The van der Waals surface area contributed by atoms with Crippen LogP contribution in [-0.4, -0.2) is 56.7 Å². The van der Waals surface area contributed by atoms with Crippen LogP contribution in [0.2, 0.25) is 0 Å². The SMILES string of the molecule is C=CCOC[C@@]12CCCO[C@@H]1CCN(S(=O)(=O)c1cccnc1)C2. The Morgan fingerprint density at radius 2 is 2.42 bits per heavy atom. The predicted molar refractivity (Wildman–Crippen MR) is 90.0 cm³/mol. The number of rotatable bonds is 6. The zero-order chi connectivity index (χ0) is 17.0. The fourth-order valence-corrected chi connectivity index (χ4v) is 5.18. The van der Waals surface area contributed by atoms with E-state index in [-0.39, 0.29) is 16.4 Å². The van der Waals surface area contributed by atoms with Gasteiger partial charge in [-0.3, -0.25) is 4.98 Å². The highest BCUT2D eigenvalue weighted by Crippen LogP contribution is 2.41. The fourth-order valence-electron chi connectivity index (χ4n) is 3.66. The van der Waals surface area contributed by atoms with E-state index in [1.165, 1.54) is 6.20 Å². The molecular formula is C17H24N2O4S. The third-order valence-electron chi connectivity index (χ3n) is 4.85. The molecule has 2 aliphatic heterocycles. The Labute approximate surface area is 143 Å². The lowest BCUT2D eigenvalue weighted by Gasteiger charge is -2.49. The van der Waals surface area contributed by atoms with Gasteiger partial charge < -0.3 is 9.47 Å². The number of ether oxygens (including phenoxy) is 2. The van der Waals surface area contributed by atoms with Crippen molar-refractivity contribution in [3.05, 3.63) is 37.2 Å². The summed E-state index contributed by atoms with van der Waals surface area (Å²) in [7, 11) is -3.54. The molecule has 24 heavy (non-hydrogen) atoms. The van der Waals surface area contributed by atoms with Crippen molar-refractivity contribution in [1.82, 2.24) is 9.29 Å². The summed E-state index contributed by atoms with van der Waals surface area (Å²) in [4.78, 5) is 4.18. The van der Waals surface area contributed by atoms with Gasteiger partial charge in [-0.05, 0) is 31.4 Å². The second kappa shape index (κ2) is 7.31. The van der Waals surface area contributed by atoms with Crippen molar-refractivity contribution in [1.29, 1.82) is 0 Å². The van der Waals surface area contributed by atoms with E-state index in [0.29, 0.717) is 32.7 Å². The highest BCUT2D eigenvalue weighted by molar-refractivity contribution is 7.89. The molecule has 0 amide bonds. The van der Waals surface area contributed by atoms with Gasteiger partial charge in [0.1, 0.15) is 4.90 Å². The molecule has 1 aromatic heterocycles. The second-order valence-electron chi connectivity index (χ2n) is 6.45. The number of hydrogen-bond donors (Lipinski definition) is 0. The number of pyridine rings is 1. The number of aromatic nitrogens is 1. The topological polar surface area (TPSA) is 68.7 Å². The van der Waals surface area contributed by atoms with E-state index in [4.69, 9.17) is 9.47 Å². The van der Waals surface area contributed by atoms with Crippen molar-refractivity contribution < 1.29 is 17.9 Å². The van der Waals surface area contributed by atoms with Crippen LogP contribution in [0.5, 0.6) is 0 Å². The van der Waals surface area contributed by atoms with Crippen LogP contribution in [-0.2, 0) is 19.5 Å². The van der Waals surface area contributed by atoms with Gasteiger partial charge in [0.25, 0.3) is 0 Å². The number of fused-ring (bicyclic) bond motifs is 1. The molecule has 3 rings (SSSR count). The average Bonchev–Trinajstić information content (AvgIpc) is 2.62. The van der Waals surface area contributed by atoms with Crippen molar-refractivity contribution in [2.24, 2.45) is 5.41 Å². The second-order valence-corrected chi connectivity index (χ2v) is 8.38. The first-order chi connectivity index (χ1) is 11.6. The summed E-state index contributed by atoms with van der Waals surface area (Å²) in [5.74, 6) is 0. The van der Waals surface area contributed by atoms with Gasteiger partial charge in [0, 0.05) is 37.5 Å². The zero-order valence-corrected chi connectivity index (χ0v) is 14.6. The Bertz CT molecular complexity index is 664. The molecule has 3 heterocycles. The summed E-state index contributed by atoms with van der Waals surface area (Å²) < 4.78 is 39.1. The molecule has 7 heteroatoms. The molecular weight excluding hydrogens is 328 g/mol. The maximum atomic E-state index is 12.9. The number of nitrogens with zero attached hydrogens (tertiary/aromatic N) is 2. The van der Waals surface area contributed by atoms with Crippen LogP contribution >= 0.6 is 0 Å². The summed E-state index contributed by atoms with van der Waals surface area (Å²) in [6.45, 7) is 6.25. The maximum Gasteiger partial charge on any atom is 0.244 e. The number of piperidine rings is 1. The van der Waals surface area contributed by atoms with Crippen molar-refractivity contribution in [3.8, 4) is 0 Å². The van der Waals surface area contributed by atoms with E-state index >= 15 is 0 Å². The van der Waals surface area contributed by atoms with Gasteiger partial charge in [-0.15, -0.1) is 6.58 Å². The standard InChI is InChI=1S/C17H24N2O4S/c1-2-10-22-14-17-7-4-11-23-16(17)6-9-19(13-17)24(20,21)15-5-3-8-18-12-15/h2-3,5,8,12,16H,1,4,6-7,9-11,13-14H2/t16-,17+/m1/s1. The zero-order valence-electron chi connectivity index (χ0n) is 13.8. The molecule has 2 aliphatic rings. The minimum Gasteiger partial charge on any atom is -0.377 e. The van der Waals surface area contributed by atoms with E-state index < -0.39 is 10.0 Å². The highest BCUT2D eigenvalue weighted by Gasteiger charge is 2.48. The van der Waals surface area contributed by atoms with Gasteiger partial charge in [-0.25, -0.2) is 8.42 Å². The Balaban J connectivity index is 1.83. The fraction of sp³-hybridized carbons (Fsp3) is 0.588. The molecule has 6 nitrogen and oxygen atoms in total. The average molecular weight is 352 g/mol. The molecule has 0 aromatic carbocycles. The van der Waals surface area contributed by atoms with Crippen molar-refractivity contribution in [2.75, 3.05) is 32.9 Å². The summed E-state index contributed by atoms with van der Waals surface area (Å²) in [5.41, 5.74) is -0.283. The van der Waals surface area contributed by atoms with Gasteiger partial charge in [-0.1, -0.05) is 6.08 Å². The molecule has 132 valence electrons. The molecule has 2 fully saturated rings. The van der Waals surface area contributed by atoms with E-state index in [2.05, 4.69) is 11.6 Å². The smallest absolute Gasteiger partial charge is 0.244 e. The van der Waals surface area contributed by atoms with Gasteiger partial charge >= 0.3 is 0 Å². The van der Waals surface area contributed by atoms with E-state index in [9.17, 15) is 8.42 Å². The molecule has 2 atom stereocenters. The molecule has 0 bridgehead atoms. The minimum atomic E-state index is -3.54. The van der Waals surface area contributed by atoms with Gasteiger partial charge in [0.05, 0.1) is 19.3 Å². The lowest BCUT2D eigenvalue weighted by atomic mass is 9.73. The van der Waals surface area contributed by atoms with E-state index in [1.54, 1.807) is 28.7 Å². The van der Waals surface area contributed by atoms with Crippen molar-refractivity contribution in [2.45, 2.75) is 30.3 Å². The van der Waals surface area contributed by atoms with Crippen LogP contribution in [0, 0.1) is 5.41 Å². The minimum absolute atomic E-state index is 0.0522. The molecule has 0 unspecified atom stereocenters. The summed E-state index contributed by atoms with van der Waals surface area (Å²) >= 11 is 0. The van der Waals surface area contributed by atoms with Gasteiger partial charge in [0.2, 0.25) is 10.0 Å². The molecule has 0 radical (unpaired) electrons. The molecule has 0 saturated carbocycles. The first-order valence-electron chi connectivity index (χ1n) is 8.29. The lowest BCUT2D eigenvalue weighted by molar-refractivity contribution is -0.140. The van der Waals surface area contributed by atoms with Crippen LogP contribution in [0.1, 0.15) is 19.3 Å². The van der Waals surface area contributed by atoms with Crippen LogP contribution in [0.25, 0.3) is 0 Å². The summed E-state index contributed by atoms with van der Waals surface area (Å²) in [6, 6.07) is 3.24. The Morgan fingerprint density at radius 3 is 3.17 bits per heavy atom. The van der Waals surface area contributed by atoms with E-state index in [1.807, 2.05) is 0 Å². The molecule has 2 saturated heterocycles. The third-order valence-corrected chi connectivity index (χ3v) is 6.68. The molecule has 0 spiro atoms. The van der Waals surface area contributed by atoms with Crippen LogP contribution in [0.4, 0.5) is 0 Å². The predicted octanol–water partition coefficient (Wildman–Crippen LogP) is 1.84. The molecule has 0 aliphatic carbocycles. The quantitative estimate of drug-likeness (QED) is 0.577. The van der Waals surface area contributed by atoms with Gasteiger partial charge in [0.15, 0.2) is 0 Å². The third kappa shape index (κ3) is 3.39. The highest BCUT2D eigenvalue weighted by atomic mass is 32.2. The van der Waals surface area contributed by atoms with Crippen molar-refractivity contribution >= 4 is 10.0 Å². The van der Waals surface area contributed by atoms with Crippen molar-refractivity contribution in [3.63, 3.8) is 0 Å². The molecule has 1 aromatic rings. The van der Waals surface area contributed by atoms with Crippen LogP contribution < -0.4 is 0 Å². The van der Waals surface area contributed by atoms with E-state index in [0.717, 1.165) is 19.4 Å². The Kier molecular flexibility index (Phi) is 5.34. The summed E-state index contributed by atoms with van der Waals surface area (Å²) in [5, 5.41) is 0. The molecule has 0 N–H and O–H groups in total. The lowest BCUT2D eigenvalue weighted by Crippen LogP contribution is -2.58. The summed E-state index contributed by atoms with van der Waals surface area (Å²) in [6.07, 6.45) is 7.27. The monoisotopic (exact) mass is 352 g/mol. The number of hydrogen-bond acceptors (Lipinski definition) is 5. The number of sulfonamides is 1. The van der Waals surface area contributed by atoms with Crippen LogP contribution in [0.3, 0.4) is 0 Å². The Morgan fingerprint density at radius 1 is 1.54 bits per heavy atom. The first-order valence-corrected chi connectivity index (χ1v) is 9.73. The maximum absolute atomic E-state index is 12.9.